The highest BCUT2D eigenvalue weighted by molar-refractivity contribution is 5.80. The van der Waals surface area contributed by atoms with Crippen LogP contribution >= 0.6 is 0 Å². The van der Waals surface area contributed by atoms with Crippen molar-refractivity contribution in [2.24, 2.45) is 4.99 Å². The van der Waals surface area contributed by atoms with E-state index in [2.05, 4.69) is 39.7 Å². The van der Waals surface area contributed by atoms with E-state index in [0.29, 0.717) is 18.2 Å². The lowest BCUT2D eigenvalue weighted by Gasteiger charge is -2.30. The monoisotopic (exact) mass is 267 g/mol. The summed E-state index contributed by atoms with van der Waals surface area (Å²) in [5, 5.41) is 10.1. The molecule has 6 heteroatoms. The first-order valence-corrected chi connectivity index (χ1v) is 7.43. The second-order valence-corrected chi connectivity index (χ2v) is 5.92. The van der Waals surface area contributed by atoms with Crippen LogP contribution in [0.1, 0.15) is 39.5 Å². The highest BCUT2D eigenvalue weighted by Crippen LogP contribution is 2.26. The molecule has 0 amide bonds. The number of aliphatic imine (C=N–C) groups is 1. The average Bonchev–Trinajstić information content (AvgIpc) is 2.81. The van der Waals surface area contributed by atoms with Crippen molar-refractivity contribution in [3.05, 3.63) is 0 Å². The molecule has 108 valence electrons. The van der Waals surface area contributed by atoms with Gasteiger partial charge >= 0.3 is 0 Å². The molecule has 0 bridgehead atoms. The van der Waals surface area contributed by atoms with Gasteiger partial charge in [0, 0.05) is 12.1 Å². The molecule has 19 heavy (non-hydrogen) atoms. The minimum Gasteiger partial charge on any atom is -0.343 e. The van der Waals surface area contributed by atoms with E-state index in [0.717, 1.165) is 19.3 Å². The molecule has 0 aromatic carbocycles. The molecule has 3 aliphatic rings. The zero-order valence-electron chi connectivity index (χ0n) is 11.9. The highest BCUT2D eigenvalue weighted by atomic mass is 16.5. The lowest BCUT2D eigenvalue weighted by Crippen LogP contribution is -2.55. The Kier molecular flexibility index (Phi) is 3.91. The second-order valence-electron chi connectivity index (χ2n) is 5.92. The minimum atomic E-state index is -0.0926. The van der Waals surface area contributed by atoms with Crippen LogP contribution in [0.3, 0.4) is 0 Å². The number of guanidine groups is 1. The summed E-state index contributed by atoms with van der Waals surface area (Å²) in [7, 11) is 0. The van der Waals surface area contributed by atoms with Crippen molar-refractivity contribution < 1.29 is 4.74 Å². The molecule has 0 radical (unpaired) electrons. The van der Waals surface area contributed by atoms with Crippen LogP contribution in [0.15, 0.2) is 4.99 Å². The van der Waals surface area contributed by atoms with Crippen molar-refractivity contribution in [3.8, 4) is 0 Å². The molecule has 0 spiro atoms. The van der Waals surface area contributed by atoms with Crippen LogP contribution in [0.5, 0.6) is 0 Å². The van der Waals surface area contributed by atoms with Crippen molar-refractivity contribution >= 4 is 5.96 Å². The summed E-state index contributed by atoms with van der Waals surface area (Å²) < 4.78 is 5.99. The van der Waals surface area contributed by atoms with E-state index in [4.69, 9.17) is 4.74 Å². The minimum absolute atomic E-state index is 0.0926. The van der Waals surface area contributed by atoms with Gasteiger partial charge < -0.3 is 15.4 Å². The Hall–Kier alpha value is -0.850. The summed E-state index contributed by atoms with van der Waals surface area (Å²) in [6.45, 7) is 5.94. The largest absolute Gasteiger partial charge is 0.343 e. The number of fused-ring (bicyclic) bond motifs is 1. The molecule has 0 aromatic rings. The van der Waals surface area contributed by atoms with Gasteiger partial charge in [-0.1, -0.05) is 12.8 Å². The molecule has 2 fully saturated rings. The Balaban J connectivity index is 1.50. The van der Waals surface area contributed by atoms with E-state index < -0.39 is 0 Å². The fourth-order valence-electron chi connectivity index (χ4n) is 2.95. The molecule has 3 atom stereocenters. The molecule has 2 heterocycles. The summed E-state index contributed by atoms with van der Waals surface area (Å²) in [5.41, 5.74) is 0. The zero-order chi connectivity index (χ0) is 13.2. The molecule has 2 aliphatic heterocycles. The van der Waals surface area contributed by atoms with Gasteiger partial charge in [0.1, 0.15) is 0 Å². The van der Waals surface area contributed by atoms with Gasteiger partial charge in [-0.3, -0.25) is 10.2 Å². The Morgan fingerprint density at radius 3 is 2.89 bits per heavy atom. The third-order valence-corrected chi connectivity index (χ3v) is 4.24. The van der Waals surface area contributed by atoms with E-state index in [1.165, 1.54) is 25.7 Å². The van der Waals surface area contributed by atoms with Crippen LogP contribution in [0.25, 0.3) is 0 Å². The maximum atomic E-state index is 5.99. The third kappa shape index (κ3) is 3.01. The fourth-order valence-corrected chi connectivity index (χ4v) is 2.95. The predicted octanol–water partition coefficient (Wildman–Crippen LogP) is 0.375. The Bertz CT molecular complexity index is 332. The number of ether oxygens (including phenoxy) is 1. The van der Waals surface area contributed by atoms with Crippen LogP contribution in [-0.2, 0) is 4.74 Å². The molecule has 3 N–H and O–H groups in total. The summed E-state index contributed by atoms with van der Waals surface area (Å²) in [6.07, 6.45) is 5.29. The van der Waals surface area contributed by atoms with Crippen LogP contribution in [0.2, 0.25) is 0 Å². The molecule has 1 aliphatic carbocycles. The molecule has 0 aromatic heterocycles. The summed E-state index contributed by atoms with van der Waals surface area (Å²) in [4.78, 5) is 6.79. The smallest absolute Gasteiger partial charge is 0.196 e. The Morgan fingerprint density at radius 2 is 2.21 bits per heavy atom. The number of rotatable bonds is 2. The number of nitrogens with one attached hydrogen (secondary N) is 3. The highest BCUT2D eigenvalue weighted by Gasteiger charge is 2.36. The predicted molar refractivity (Wildman–Crippen MR) is 74.5 cm³/mol. The van der Waals surface area contributed by atoms with Crippen molar-refractivity contribution in [3.63, 3.8) is 0 Å². The molecule has 1 saturated heterocycles. The van der Waals surface area contributed by atoms with Crippen molar-refractivity contribution in [2.75, 3.05) is 13.3 Å². The van der Waals surface area contributed by atoms with Crippen LogP contribution in [-0.4, -0.2) is 48.7 Å². The normalized spacial score (nSPS) is 35.7. The molecule has 6 nitrogen and oxygen atoms in total. The quantitative estimate of drug-likeness (QED) is 0.675. The number of hydrogen-bond acceptors (Lipinski definition) is 6. The number of nitrogens with zero attached hydrogens (tertiary/aromatic N) is 2. The van der Waals surface area contributed by atoms with Crippen molar-refractivity contribution in [1.29, 1.82) is 0 Å². The Labute approximate surface area is 115 Å². The first-order valence-electron chi connectivity index (χ1n) is 7.43. The number of hydrogen-bond donors (Lipinski definition) is 3. The van der Waals surface area contributed by atoms with Gasteiger partial charge in [-0.15, -0.1) is 0 Å². The SMILES string of the molecule is CC(C)N1CN=C(NC2NC3CCCCC3O2)NC1. The van der Waals surface area contributed by atoms with Gasteiger partial charge in [0.15, 0.2) is 12.3 Å². The summed E-state index contributed by atoms with van der Waals surface area (Å²) in [6, 6.07) is 1.03. The van der Waals surface area contributed by atoms with Gasteiger partial charge in [0.25, 0.3) is 0 Å². The van der Waals surface area contributed by atoms with Crippen LogP contribution in [0.4, 0.5) is 0 Å². The lowest BCUT2D eigenvalue weighted by molar-refractivity contribution is 0.0171. The molecular weight excluding hydrogens is 242 g/mol. The fraction of sp³-hybridized carbons (Fsp3) is 0.923. The molecule has 1 saturated carbocycles. The van der Waals surface area contributed by atoms with E-state index in [1.54, 1.807) is 0 Å². The molecule has 3 rings (SSSR count). The maximum Gasteiger partial charge on any atom is 0.196 e. The average molecular weight is 267 g/mol. The second kappa shape index (κ2) is 5.64. The van der Waals surface area contributed by atoms with E-state index in [9.17, 15) is 0 Å². The topological polar surface area (TPSA) is 60.9 Å². The zero-order valence-corrected chi connectivity index (χ0v) is 11.9. The van der Waals surface area contributed by atoms with Gasteiger partial charge in [0.2, 0.25) is 0 Å². The third-order valence-electron chi connectivity index (χ3n) is 4.24. The van der Waals surface area contributed by atoms with Crippen molar-refractivity contribution in [1.82, 2.24) is 20.9 Å². The van der Waals surface area contributed by atoms with Crippen LogP contribution in [0, 0.1) is 0 Å². The lowest BCUT2D eigenvalue weighted by atomic mass is 9.93. The summed E-state index contributed by atoms with van der Waals surface area (Å²) >= 11 is 0. The van der Waals surface area contributed by atoms with E-state index >= 15 is 0 Å². The first-order chi connectivity index (χ1) is 9.22. The molecular formula is C13H25N5O. The van der Waals surface area contributed by atoms with Gasteiger partial charge in [-0.05, 0) is 26.7 Å². The van der Waals surface area contributed by atoms with Gasteiger partial charge in [-0.2, -0.15) is 0 Å². The van der Waals surface area contributed by atoms with Crippen LogP contribution < -0.4 is 16.0 Å². The molecule has 3 unspecified atom stereocenters. The first kappa shape index (κ1) is 13.1. The van der Waals surface area contributed by atoms with Gasteiger partial charge in [-0.25, -0.2) is 4.99 Å². The standard InChI is InChI=1S/C13H25N5O/c1-9(2)18-7-14-12(15-8-18)17-13-16-10-5-3-4-6-11(10)19-13/h9-11,13,16H,3-8H2,1-2H3,(H2,14,15,17). The Morgan fingerprint density at radius 1 is 1.37 bits per heavy atom. The van der Waals surface area contributed by atoms with E-state index in [-0.39, 0.29) is 6.35 Å². The van der Waals surface area contributed by atoms with Crippen molar-refractivity contribution in [2.45, 2.75) is 64.1 Å². The summed E-state index contributed by atoms with van der Waals surface area (Å²) in [5.74, 6) is 0.841. The maximum absolute atomic E-state index is 5.99. The van der Waals surface area contributed by atoms with E-state index in [1.807, 2.05) is 0 Å². The van der Waals surface area contributed by atoms with Gasteiger partial charge in [0.05, 0.1) is 19.4 Å².